The third-order valence-corrected chi connectivity index (χ3v) is 4.70. The highest BCUT2D eigenvalue weighted by Crippen LogP contribution is 2.54. The highest BCUT2D eigenvalue weighted by Gasteiger charge is 2.45. The van der Waals surface area contributed by atoms with E-state index in [9.17, 15) is 0 Å². The van der Waals surface area contributed by atoms with Crippen molar-refractivity contribution in [2.75, 3.05) is 5.73 Å². The van der Waals surface area contributed by atoms with Gasteiger partial charge in [-0.25, -0.2) is 9.97 Å². The zero-order valence-electron chi connectivity index (χ0n) is 10.9. The number of rotatable bonds is 0. The molecule has 0 aliphatic heterocycles. The second-order valence-electron chi connectivity index (χ2n) is 5.68. The van der Waals surface area contributed by atoms with Gasteiger partial charge >= 0.3 is 0 Å². The van der Waals surface area contributed by atoms with Crippen LogP contribution < -0.4 is 5.73 Å². The van der Waals surface area contributed by atoms with E-state index < -0.39 is 0 Å². The van der Waals surface area contributed by atoms with Crippen molar-refractivity contribution in [1.29, 1.82) is 0 Å². The van der Waals surface area contributed by atoms with Crippen molar-refractivity contribution in [3.63, 3.8) is 0 Å². The lowest BCUT2D eigenvalue weighted by molar-refractivity contribution is 0.346. The quantitative estimate of drug-likeness (QED) is 0.781. The SMILES string of the molecule is Nc1ncc2c(n1)C1(CCCCC1)c1ccccc1-2. The molecule has 4 rings (SSSR count). The summed E-state index contributed by atoms with van der Waals surface area (Å²) in [7, 11) is 0. The monoisotopic (exact) mass is 251 g/mol. The third-order valence-electron chi connectivity index (χ3n) is 4.70. The van der Waals surface area contributed by atoms with Gasteiger partial charge in [-0.3, -0.25) is 0 Å². The van der Waals surface area contributed by atoms with Crippen LogP contribution >= 0.6 is 0 Å². The van der Waals surface area contributed by atoms with E-state index in [1.54, 1.807) is 0 Å². The maximum absolute atomic E-state index is 5.83. The van der Waals surface area contributed by atoms with Gasteiger partial charge in [-0.05, 0) is 24.0 Å². The third kappa shape index (κ3) is 1.38. The first-order chi connectivity index (χ1) is 9.31. The number of nitrogen functional groups attached to an aromatic ring is 1. The van der Waals surface area contributed by atoms with Gasteiger partial charge in [0.2, 0.25) is 5.95 Å². The maximum atomic E-state index is 5.83. The molecule has 2 aromatic rings. The van der Waals surface area contributed by atoms with Crippen LogP contribution in [0.2, 0.25) is 0 Å². The van der Waals surface area contributed by atoms with Crippen LogP contribution in [0.3, 0.4) is 0 Å². The van der Waals surface area contributed by atoms with Crippen molar-refractivity contribution in [3.8, 4) is 11.1 Å². The van der Waals surface area contributed by atoms with Gasteiger partial charge in [0.15, 0.2) is 0 Å². The summed E-state index contributed by atoms with van der Waals surface area (Å²) in [5.74, 6) is 0.400. The van der Waals surface area contributed by atoms with E-state index in [1.165, 1.54) is 54.5 Å². The maximum Gasteiger partial charge on any atom is 0.220 e. The molecule has 1 saturated carbocycles. The Morgan fingerprint density at radius 1 is 1.00 bits per heavy atom. The minimum atomic E-state index is 0.0984. The highest BCUT2D eigenvalue weighted by molar-refractivity contribution is 5.79. The van der Waals surface area contributed by atoms with Crippen LogP contribution in [0, 0.1) is 0 Å². The second-order valence-corrected chi connectivity index (χ2v) is 5.68. The van der Waals surface area contributed by atoms with Crippen LogP contribution in [-0.4, -0.2) is 9.97 Å². The molecule has 0 amide bonds. The predicted molar refractivity (Wildman–Crippen MR) is 75.7 cm³/mol. The minimum Gasteiger partial charge on any atom is -0.368 e. The van der Waals surface area contributed by atoms with Crippen molar-refractivity contribution in [1.82, 2.24) is 9.97 Å². The van der Waals surface area contributed by atoms with E-state index in [0.717, 1.165) is 0 Å². The smallest absolute Gasteiger partial charge is 0.220 e. The van der Waals surface area contributed by atoms with E-state index in [2.05, 4.69) is 34.2 Å². The normalized spacial score (nSPS) is 19.2. The van der Waals surface area contributed by atoms with Crippen LogP contribution in [-0.2, 0) is 5.41 Å². The Hall–Kier alpha value is -1.90. The Morgan fingerprint density at radius 2 is 1.79 bits per heavy atom. The lowest BCUT2D eigenvalue weighted by Crippen LogP contribution is -2.29. The molecule has 1 fully saturated rings. The average molecular weight is 251 g/mol. The summed E-state index contributed by atoms with van der Waals surface area (Å²) in [6.45, 7) is 0. The number of benzene rings is 1. The fraction of sp³-hybridized carbons (Fsp3) is 0.375. The van der Waals surface area contributed by atoms with E-state index >= 15 is 0 Å². The molecule has 3 nitrogen and oxygen atoms in total. The number of nitrogens with zero attached hydrogens (tertiary/aromatic N) is 2. The van der Waals surface area contributed by atoms with Gasteiger partial charge in [-0.15, -0.1) is 0 Å². The molecule has 0 atom stereocenters. The van der Waals surface area contributed by atoms with Gasteiger partial charge in [-0.2, -0.15) is 0 Å². The van der Waals surface area contributed by atoms with Gasteiger partial charge in [0.05, 0.1) is 5.69 Å². The molecule has 96 valence electrons. The zero-order valence-corrected chi connectivity index (χ0v) is 10.9. The fourth-order valence-electron chi connectivity index (χ4n) is 3.88. The van der Waals surface area contributed by atoms with E-state index in [0.29, 0.717) is 5.95 Å². The molecule has 0 radical (unpaired) electrons. The first kappa shape index (κ1) is 11.0. The molecule has 1 heterocycles. The van der Waals surface area contributed by atoms with Crippen LogP contribution in [0.4, 0.5) is 5.95 Å². The number of hydrogen-bond donors (Lipinski definition) is 1. The summed E-state index contributed by atoms with van der Waals surface area (Å²) in [6.07, 6.45) is 8.16. The predicted octanol–water partition coefficient (Wildman–Crippen LogP) is 3.29. The summed E-state index contributed by atoms with van der Waals surface area (Å²) in [5.41, 5.74) is 11.0. The summed E-state index contributed by atoms with van der Waals surface area (Å²) < 4.78 is 0. The number of anilines is 1. The lowest BCUT2D eigenvalue weighted by Gasteiger charge is -2.34. The van der Waals surface area contributed by atoms with Crippen molar-refractivity contribution < 1.29 is 0 Å². The van der Waals surface area contributed by atoms with Crippen molar-refractivity contribution in [3.05, 3.63) is 41.7 Å². The Kier molecular flexibility index (Phi) is 2.19. The number of nitrogens with two attached hydrogens (primary N) is 1. The minimum absolute atomic E-state index is 0.0984. The molecular weight excluding hydrogens is 234 g/mol. The van der Waals surface area contributed by atoms with E-state index in [-0.39, 0.29) is 5.41 Å². The summed E-state index contributed by atoms with van der Waals surface area (Å²) in [5, 5.41) is 0. The molecule has 0 unspecified atom stereocenters. The number of aromatic nitrogens is 2. The van der Waals surface area contributed by atoms with Crippen LogP contribution in [0.1, 0.15) is 43.4 Å². The Balaban J connectivity index is 2.03. The first-order valence-electron chi connectivity index (χ1n) is 7.04. The lowest BCUT2D eigenvalue weighted by atomic mass is 9.69. The molecule has 3 heteroatoms. The zero-order chi connectivity index (χ0) is 12.9. The molecule has 1 spiro atoms. The van der Waals surface area contributed by atoms with Gasteiger partial charge in [0, 0.05) is 17.2 Å². The summed E-state index contributed by atoms with van der Waals surface area (Å²) >= 11 is 0. The van der Waals surface area contributed by atoms with Crippen LogP contribution in [0.5, 0.6) is 0 Å². The van der Waals surface area contributed by atoms with Gasteiger partial charge in [0.1, 0.15) is 0 Å². The summed E-state index contributed by atoms with van der Waals surface area (Å²) in [6, 6.07) is 8.69. The van der Waals surface area contributed by atoms with Gasteiger partial charge in [0.25, 0.3) is 0 Å². The molecule has 2 aliphatic carbocycles. The highest BCUT2D eigenvalue weighted by atomic mass is 15.0. The standard InChI is InChI=1S/C16H17N3/c17-15-18-10-12-11-6-2-3-7-13(11)16(14(12)19-15)8-4-1-5-9-16/h2-3,6-7,10H,1,4-5,8-9H2,(H2,17,18,19). The largest absolute Gasteiger partial charge is 0.368 e. The second kappa shape index (κ2) is 3.80. The van der Waals surface area contributed by atoms with Crippen LogP contribution in [0.25, 0.3) is 11.1 Å². The summed E-state index contributed by atoms with van der Waals surface area (Å²) in [4.78, 5) is 8.81. The molecule has 0 bridgehead atoms. The number of hydrogen-bond acceptors (Lipinski definition) is 3. The fourth-order valence-corrected chi connectivity index (χ4v) is 3.88. The molecule has 0 saturated heterocycles. The average Bonchev–Trinajstić information content (AvgIpc) is 2.71. The van der Waals surface area contributed by atoms with Crippen molar-refractivity contribution in [2.45, 2.75) is 37.5 Å². The van der Waals surface area contributed by atoms with Crippen molar-refractivity contribution >= 4 is 5.95 Å². The topological polar surface area (TPSA) is 51.8 Å². The van der Waals surface area contributed by atoms with Gasteiger partial charge < -0.3 is 5.73 Å². The molecule has 2 aliphatic rings. The van der Waals surface area contributed by atoms with Crippen molar-refractivity contribution in [2.24, 2.45) is 0 Å². The molecular formula is C16H17N3. The van der Waals surface area contributed by atoms with E-state index in [1.807, 2.05) is 6.20 Å². The molecule has 19 heavy (non-hydrogen) atoms. The Bertz CT molecular complexity index is 642. The Labute approximate surface area is 112 Å². The van der Waals surface area contributed by atoms with E-state index in [4.69, 9.17) is 5.73 Å². The van der Waals surface area contributed by atoms with Gasteiger partial charge in [-0.1, -0.05) is 43.5 Å². The molecule has 1 aromatic heterocycles. The molecule has 1 aromatic carbocycles. The molecule has 2 N–H and O–H groups in total. The first-order valence-corrected chi connectivity index (χ1v) is 7.04. The number of fused-ring (bicyclic) bond motifs is 5. The van der Waals surface area contributed by atoms with Crippen LogP contribution in [0.15, 0.2) is 30.5 Å². The Morgan fingerprint density at radius 3 is 2.63 bits per heavy atom.